The predicted molar refractivity (Wildman–Crippen MR) is 99.3 cm³/mol. The van der Waals surface area contributed by atoms with E-state index in [4.69, 9.17) is 11.6 Å². The van der Waals surface area contributed by atoms with Gasteiger partial charge in [0, 0.05) is 10.6 Å². The van der Waals surface area contributed by atoms with E-state index in [9.17, 15) is 9.59 Å². The molecule has 0 fully saturated rings. The second-order valence-electron chi connectivity index (χ2n) is 5.61. The Balaban J connectivity index is 1.76. The lowest BCUT2D eigenvalue weighted by Crippen LogP contribution is -2.29. The molecule has 0 aliphatic heterocycles. The van der Waals surface area contributed by atoms with E-state index in [1.807, 2.05) is 42.5 Å². The summed E-state index contributed by atoms with van der Waals surface area (Å²) in [6, 6.07) is 24.2. The molecular formula is C21H16ClNO2. The predicted octanol–water partition coefficient (Wildman–Crippen LogP) is 4.81. The maximum absolute atomic E-state index is 12.6. The first-order valence-corrected chi connectivity index (χ1v) is 8.21. The van der Waals surface area contributed by atoms with Crippen molar-refractivity contribution in [1.82, 2.24) is 4.90 Å². The van der Waals surface area contributed by atoms with Crippen LogP contribution in [0.5, 0.6) is 0 Å². The van der Waals surface area contributed by atoms with Crippen LogP contribution in [0, 0.1) is 0 Å². The maximum Gasteiger partial charge on any atom is 0.260 e. The monoisotopic (exact) mass is 349 g/mol. The van der Waals surface area contributed by atoms with Crippen LogP contribution in [0.4, 0.5) is 0 Å². The minimum atomic E-state index is -0.329. The zero-order valence-corrected chi connectivity index (χ0v) is 14.2. The molecule has 0 unspecified atom stereocenters. The van der Waals surface area contributed by atoms with E-state index in [-0.39, 0.29) is 12.5 Å². The van der Waals surface area contributed by atoms with Crippen LogP contribution in [0.2, 0.25) is 5.02 Å². The molecule has 0 bridgehead atoms. The van der Waals surface area contributed by atoms with Gasteiger partial charge in [0.05, 0.1) is 6.54 Å². The molecule has 2 amide bonds. The molecule has 3 nitrogen and oxygen atoms in total. The van der Waals surface area contributed by atoms with E-state index < -0.39 is 0 Å². The highest BCUT2D eigenvalue weighted by molar-refractivity contribution is 6.30. The summed E-state index contributed by atoms with van der Waals surface area (Å²) in [5.74, 6) is -0.329. The van der Waals surface area contributed by atoms with Crippen LogP contribution in [0.3, 0.4) is 0 Å². The summed E-state index contributed by atoms with van der Waals surface area (Å²) in [5, 5.41) is 0.615. The first kappa shape index (κ1) is 16.9. The van der Waals surface area contributed by atoms with Crippen molar-refractivity contribution in [1.29, 1.82) is 0 Å². The van der Waals surface area contributed by atoms with E-state index in [1.165, 1.54) is 0 Å². The van der Waals surface area contributed by atoms with Crippen LogP contribution in [0.25, 0.3) is 11.1 Å². The van der Waals surface area contributed by atoms with Crippen LogP contribution < -0.4 is 0 Å². The van der Waals surface area contributed by atoms with Gasteiger partial charge in [-0.25, -0.2) is 0 Å². The normalized spacial score (nSPS) is 10.3. The van der Waals surface area contributed by atoms with Gasteiger partial charge in [0.25, 0.3) is 5.91 Å². The van der Waals surface area contributed by atoms with Gasteiger partial charge in [-0.2, -0.15) is 0 Å². The second-order valence-corrected chi connectivity index (χ2v) is 6.04. The lowest BCUT2D eigenvalue weighted by Gasteiger charge is -2.16. The minimum absolute atomic E-state index is 0.208. The molecule has 0 aliphatic rings. The zero-order chi connectivity index (χ0) is 17.6. The number of hydrogen-bond acceptors (Lipinski definition) is 2. The molecule has 0 aromatic heterocycles. The Morgan fingerprint density at radius 1 is 0.840 bits per heavy atom. The fourth-order valence-electron chi connectivity index (χ4n) is 2.55. The van der Waals surface area contributed by atoms with E-state index in [0.717, 1.165) is 21.6 Å². The number of amides is 2. The van der Waals surface area contributed by atoms with Crippen molar-refractivity contribution in [3.05, 3.63) is 95.0 Å². The van der Waals surface area contributed by atoms with Crippen molar-refractivity contribution >= 4 is 23.9 Å². The van der Waals surface area contributed by atoms with Gasteiger partial charge in [0.15, 0.2) is 0 Å². The molecule has 0 spiro atoms. The van der Waals surface area contributed by atoms with Crippen molar-refractivity contribution in [2.45, 2.75) is 6.54 Å². The van der Waals surface area contributed by atoms with Crippen molar-refractivity contribution in [2.24, 2.45) is 0 Å². The number of nitrogens with zero attached hydrogens (tertiary/aromatic N) is 1. The average molecular weight is 350 g/mol. The third-order valence-corrected chi connectivity index (χ3v) is 4.15. The molecule has 3 rings (SSSR count). The largest absolute Gasteiger partial charge is 0.278 e. The van der Waals surface area contributed by atoms with Crippen molar-refractivity contribution in [3.8, 4) is 11.1 Å². The summed E-state index contributed by atoms with van der Waals surface area (Å²) in [7, 11) is 0. The number of imide groups is 1. The van der Waals surface area contributed by atoms with Crippen LogP contribution in [0.15, 0.2) is 78.9 Å². The fraction of sp³-hybridized carbons (Fsp3) is 0.0476. The number of benzene rings is 3. The highest BCUT2D eigenvalue weighted by Crippen LogP contribution is 2.20. The molecule has 0 aliphatic carbocycles. The molecule has 0 radical (unpaired) electrons. The summed E-state index contributed by atoms with van der Waals surface area (Å²) in [6.07, 6.45) is 0.558. The molecule has 3 aromatic rings. The summed E-state index contributed by atoms with van der Waals surface area (Å²) < 4.78 is 0. The van der Waals surface area contributed by atoms with E-state index in [0.29, 0.717) is 17.0 Å². The maximum atomic E-state index is 12.6. The van der Waals surface area contributed by atoms with Crippen LogP contribution in [-0.4, -0.2) is 17.2 Å². The minimum Gasteiger partial charge on any atom is -0.278 e. The Hall–Kier alpha value is -2.91. The molecule has 0 saturated carbocycles. The van der Waals surface area contributed by atoms with Crippen LogP contribution in [-0.2, 0) is 11.3 Å². The van der Waals surface area contributed by atoms with Gasteiger partial charge < -0.3 is 0 Å². The topological polar surface area (TPSA) is 37.4 Å². The average Bonchev–Trinajstić information content (AvgIpc) is 2.68. The van der Waals surface area contributed by atoms with Crippen molar-refractivity contribution < 1.29 is 9.59 Å². The molecule has 0 heterocycles. The Bertz CT molecular complexity index is 859. The molecule has 25 heavy (non-hydrogen) atoms. The highest BCUT2D eigenvalue weighted by atomic mass is 35.5. The zero-order valence-electron chi connectivity index (χ0n) is 13.4. The Morgan fingerprint density at radius 3 is 2.04 bits per heavy atom. The standard InChI is InChI=1S/C21H16ClNO2/c22-20-12-6-16(7-13-20)14-23(15-24)21(25)19-10-8-18(9-11-19)17-4-2-1-3-5-17/h1-13,15H,14H2. The summed E-state index contributed by atoms with van der Waals surface area (Å²) in [6.45, 7) is 0.208. The van der Waals surface area contributed by atoms with Gasteiger partial charge in [0.1, 0.15) is 0 Å². The van der Waals surface area contributed by atoms with E-state index in [1.54, 1.807) is 36.4 Å². The van der Waals surface area contributed by atoms with Crippen molar-refractivity contribution in [3.63, 3.8) is 0 Å². The van der Waals surface area contributed by atoms with Gasteiger partial charge in [-0.05, 0) is 41.0 Å². The van der Waals surface area contributed by atoms with Gasteiger partial charge in [-0.1, -0.05) is 66.2 Å². The Morgan fingerprint density at radius 2 is 1.44 bits per heavy atom. The van der Waals surface area contributed by atoms with Gasteiger partial charge in [-0.3, -0.25) is 14.5 Å². The Kier molecular flexibility index (Phi) is 5.26. The first-order chi connectivity index (χ1) is 12.2. The van der Waals surface area contributed by atoms with Gasteiger partial charge in [0.2, 0.25) is 6.41 Å². The van der Waals surface area contributed by atoms with Gasteiger partial charge in [-0.15, -0.1) is 0 Å². The molecule has 4 heteroatoms. The molecule has 124 valence electrons. The summed E-state index contributed by atoms with van der Waals surface area (Å²) >= 11 is 5.86. The molecule has 3 aromatic carbocycles. The first-order valence-electron chi connectivity index (χ1n) is 7.83. The molecule has 0 atom stereocenters. The summed E-state index contributed by atoms with van der Waals surface area (Å²) in [5.41, 5.74) is 3.41. The summed E-state index contributed by atoms with van der Waals surface area (Å²) in [4.78, 5) is 25.1. The Labute approximate surface area is 151 Å². The lowest BCUT2D eigenvalue weighted by molar-refractivity contribution is -0.116. The third-order valence-electron chi connectivity index (χ3n) is 3.89. The molecule has 0 saturated heterocycles. The number of carbonyl (C=O) groups excluding carboxylic acids is 2. The van der Waals surface area contributed by atoms with Crippen LogP contribution in [0.1, 0.15) is 15.9 Å². The van der Waals surface area contributed by atoms with Gasteiger partial charge >= 0.3 is 0 Å². The lowest BCUT2D eigenvalue weighted by atomic mass is 10.0. The molecule has 0 N–H and O–H groups in total. The number of carbonyl (C=O) groups is 2. The quantitative estimate of drug-likeness (QED) is 0.620. The number of halogens is 1. The number of hydrogen-bond donors (Lipinski definition) is 0. The fourth-order valence-corrected chi connectivity index (χ4v) is 2.67. The van der Waals surface area contributed by atoms with E-state index >= 15 is 0 Å². The number of rotatable bonds is 5. The molecular weight excluding hydrogens is 334 g/mol. The second kappa shape index (κ2) is 7.77. The highest BCUT2D eigenvalue weighted by Gasteiger charge is 2.15. The van der Waals surface area contributed by atoms with Crippen molar-refractivity contribution in [2.75, 3.05) is 0 Å². The van der Waals surface area contributed by atoms with E-state index in [2.05, 4.69) is 0 Å². The third kappa shape index (κ3) is 4.14. The SMILES string of the molecule is O=CN(Cc1ccc(Cl)cc1)C(=O)c1ccc(-c2ccccc2)cc1. The smallest absolute Gasteiger partial charge is 0.260 e. The van der Waals surface area contributed by atoms with Crippen LogP contribution >= 0.6 is 11.6 Å².